The number of piperazine rings is 1. The Bertz CT molecular complexity index is 1200. The Morgan fingerprint density at radius 1 is 1.03 bits per heavy atom. The number of benzene rings is 2. The van der Waals surface area contributed by atoms with E-state index >= 15 is 0 Å². The van der Waals surface area contributed by atoms with Crippen LogP contribution in [-0.2, 0) is 6.42 Å². The molecule has 202 valence electrons. The summed E-state index contributed by atoms with van der Waals surface area (Å²) < 4.78 is 0. The van der Waals surface area contributed by atoms with Crippen LogP contribution in [0.25, 0.3) is 28.2 Å². The number of likely N-dealkylation sites (N-methyl/N-ethyl adjacent to an activating group) is 1. The third-order valence-electron chi connectivity index (χ3n) is 7.81. The molecule has 38 heavy (non-hydrogen) atoms. The third kappa shape index (κ3) is 8.19. The number of aryl methyl sites for hydroxylation is 1. The van der Waals surface area contributed by atoms with Gasteiger partial charge in [-0.15, -0.1) is 0 Å². The second-order valence-corrected chi connectivity index (χ2v) is 11.4. The molecule has 2 fully saturated rings. The zero-order valence-electron chi connectivity index (χ0n) is 23.4. The average molecular weight is 530 g/mol. The molecule has 1 aromatic heterocycles. The van der Waals surface area contributed by atoms with Gasteiger partial charge in [-0.3, -0.25) is 0 Å². The van der Waals surface area contributed by atoms with Crippen LogP contribution in [0.15, 0.2) is 67.4 Å². The van der Waals surface area contributed by atoms with E-state index in [-0.39, 0.29) is 0 Å². The molecule has 0 atom stereocenters. The summed E-state index contributed by atoms with van der Waals surface area (Å²) >= 11 is 6.48. The summed E-state index contributed by atoms with van der Waals surface area (Å²) in [5.41, 5.74) is 6.75. The first-order valence-electron chi connectivity index (χ1n) is 14.4. The number of nitrogens with zero attached hydrogens (tertiary/aromatic N) is 3. The standard InChI is InChI=1S/C23H22ClN.C11H22N2/c1-2-16-10-13-20-21(24)15-22(25-23(20)14-16)19-11-8-18(9-12-19)5-3-4-17-6-7-17;1-4-5-6-11(2)13-9-7-12(3)8-10-13/h2,8-15,17H,1,3-7H2;2,4-10H2,1,3H3. The van der Waals surface area contributed by atoms with Crippen LogP contribution in [0, 0.1) is 5.92 Å². The Hall–Kier alpha value is -2.62. The first-order valence-corrected chi connectivity index (χ1v) is 14.8. The summed E-state index contributed by atoms with van der Waals surface area (Å²) in [6.07, 6.45) is 12.3. The number of halogens is 1. The Labute approximate surface area is 235 Å². The second kappa shape index (κ2) is 14.0. The summed E-state index contributed by atoms with van der Waals surface area (Å²) in [7, 11) is 2.19. The highest BCUT2D eigenvalue weighted by Crippen LogP contribution is 2.34. The lowest BCUT2D eigenvalue weighted by atomic mass is 10.0. The Kier molecular flexibility index (Phi) is 10.4. The minimum atomic E-state index is 0.740. The minimum Gasteiger partial charge on any atom is -0.373 e. The van der Waals surface area contributed by atoms with Crippen LogP contribution in [0.5, 0.6) is 0 Å². The topological polar surface area (TPSA) is 19.4 Å². The fraction of sp³-hybridized carbons (Fsp3) is 0.441. The first kappa shape index (κ1) is 28.4. The van der Waals surface area contributed by atoms with Gasteiger partial charge in [-0.05, 0) is 61.9 Å². The van der Waals surface area contributed by atoms with Gasteiger partial charge in [0.1, 0.15) is 0 Å². The molecule has 0 N–H and O–H groups in total. The van der Waals surface area contributed by atoms with Gasteiger partial charge in [0.2, 0.25) is 0 Å². The normalized spacial score (nSPS) is 15.7. The van der Waals surface area contributed by atoms with E-state index in [1.54, 1.807) is 0 Å². The molecule has 2 heterocycles. The van der Waals surface area contributed by atoms with Crippen molar-refractivity contribution in [2.24, 2.45) is 5.92 Å². The van der Waals surface area contributed by atoms with Crippen LogP contribution >= 0.6 is 11.6 Å². The maximum Gasteiger partial charge on any atom is 0.0730 e. The van der Waals surface area contributed by atoms with Crippen LogP contribution in [0.2, 0.25) is 5.02 Å². The zero-order chi connectivity index (χ0) is 26.9. The molecule has 2 aromatic carbocycles. The molecule has 1 saturated heterocycles. The van der Waals surface area contributed by atoms with E-state index in [4.69, 9.17) is 16.6 Å². The average Bonchev–Trinajstić information content (AvgIpc) is 3.77. The summed E-state index contributed by atoms with van der Waals surface area (Å²) in [6, 6.07) is 16.8. The molecule has 1 aliphatic carbocycles. The Balaban J connectivity index is 0.000000219. The van der Waals surface area contributed by atoms with Gasteiger partial charge in [0, 0.05) is 42.8 Å². The second-order valence-electron chi connectivity index (χ2n) is 11.0. The van der Waals surface area contributed by atoms with Crippen LogP contribution in [0.1, 0.15) is 63.0 Å². The molecule has 0 amide bonds. The molecule has 1 saturated carbocycles. The van der Waals surface area contributed by atoms with Crippen molar-refractivity contribution in [3.8, 4) is 11.3 Å². The monoisotopic (exact) mass is 529 g/mol. The summed E-state index contributed by atoms with van der Waals surface area (Å²) in [5.74, 6) is 1.02. The van der Waals surface area contributed by atoms with Crippen molar-refractivity contribution in [1.82, 2.24) is 14.8 Å². The molecular weight excluding hydrogens is 486 g/mol. The number of fused-ring (bicyclic) bond motifs is 1. The van der Waals surface area contributed by atoms with Crippen LogP contribution in [0.3, 0.4) is 0 Å². The van der Waals surface area contributed by atoms with Crippen molar-refractivity contribution in [3.63, 3.8) is 0 Å². The molecule has 2 aliphatic rings. The Morgan fingerprint density at radius 3 is 2.42 bits per heavy atom. The van der Waals surface area contributed by atoms with Crippen LogP contribution in [0.4, 0.5) is 0 Å². The third-order valence-corrected chi connectivity index (χ3v) is 8.13. The quantitative estimate of drug-likeness (QED) is 0.261. The lowest BCUT2D eigenvalue weighted by Gasteiger charge is -2.35. The lowest BCUT2D eigenvalue weighted by molar-refractivity contribution is 0.182. The maximum atomic E-state index is 6.48. The lowest BCUT2D eigenvalue weighted by Crippen LogP contribution is -2.43. The largest absolute Gasteiger partial charge is 0.373 e. The van der Waals surface area contributed by atoms with Crippen molar-refractivity contribution in [2.75, 3.05) is 33.2 Å². The van der Waals surface area contributed by atoms with Crippen molar-refractivity contribution in [2.45, 2.75) is 58.3 Å². The fourth-order valence-corrected chi connectivity index (χ4v) is 5.25. The van der Waals surface area contributed by atoms with Gasteiger partial charge in [0.15, 0.2) is 0 Å². The maximum absolute atomic E-state index is 6.48. The van der Waals surface area contributed by atoms with Gasteiger partial charge in [0.05, 0.1) is 16.2 Å². The van der Waals surface area contributed by atoms with Crippen molar-refractivity contribution in [3.05, 3.63) is 83.5 Å². The SMILES string of the molecule is C=C(CCCC)N1CCN(C)CC1.C=Cc1ccc2c(Cl)cc(-c3ccc(CCCC4CC4)cc3)nc2c1. The minimum absolute atomic E-state index is 0.740. The molecule has 0 radical (unpaired) electrons. The highest BCUT2D eigenvalue weighted by atomic mass is 35.5. The number of unbranched alkanes of at least 4 members (excludes halogenated alkanes) is 1. The van der Waals surface area contributed by atoms with E-state index in [1.807, 2.05) is 30.3 Å². The summed E-state index contributed by atoms with van der Waals surface area (Å²) in [5, 5.41) is 1.72. The Morgan fingerprint density at radius 2 is 1.76 bits per heavy atom. The van der Waals surface area contributed by atoms with Crippen LogP contribution < -0.4 is 0 Å². The summed E-state index contributed by atoms with van der Waals surface area (Å²) in [6.45, 7) is 14.9. The van der Waals surface area contributed by atoms with E-state index < -0.39 is 0 Å². The van der Waals surface area contributed by atoms with E-state index in [0.29, 0.717) is 0 Å². The molecule has 0 spiro atoms. The van der Waals surface area contributed by atoms with Crippen molar-refractivity contribution in [1.29, 1.82) is 0 Å². The van der Waals surface area contributed by atoms with Gasteiger partial charge in [-0.1, -0.05) is 99.8 Å². The predicted octanol–water partition coefficient (Wildman–Crippen LogP) is 8.87. The molecule has 0 bridgehead atoms. The smallest absolute Gasteiger partial charge is 0.0730 e. The van der Waals surface area contributed by atoms with Gasteiger partial charge in [-0.25, -0.2) is 4.98 Å². The molecule has 5 rings (SSSR count). The predicted molar refractivity (Wildman–Crippen MR) is 166 cm³/mol. The van der Waals surface area contributed by atoms with Gasteiger partial charge in [0.25, 0.3) is 0 Å². The van der Waals surface area contributed by atoms with E-state index in [9.17, 15) is 0 Å². The zero-order valence-corrected chi connectivity index (χ0v) is 24.1. The molecule has 0 unspecified atom stereocenters. The highest BCUT2D eigenvalue weighted by molar-refractivity contribution is 6.35. The molecule has 4 heteroatoms. The van der Waals surface area contributed by atoms with E-state index in [0.717, 1.165) is 38.7 Å². The number of hydrogen-bond acceptors (Lipinski definition) is 3. The molecular formula is C34H44ClN3. The van der Waals surface area contributed by atoms with Crippen LogP contribution in [-0.4, -0.2) is 48.0 Å². The number of rotatable bonds is 10. The fourth-order valence-electron chi connectivity index (χ4n) is 4.98. The number of hydrogen-bond donors (Lipinski definition) is 0. The van der Waals surface area contributed by atoms with Crippen molar-refractivity contribution < 1.29 is 0 Å². The van der Waals surface area contributed by atoms with E-state index in [1.165, 1.54) is 88.8 Å². The highest BCUT2D eigenvalue weighted by Gasteiger charge is 2.20. The van der Waals surface area contributed by atoms with Gasteiger partial charge < -0.3 is 9.80 Å². The number of allylic oxidation sites excluding steroid dienone is 1. The number of aromatic nitrogens is 1. The van der Waals surface area contributed by atoms with E-state index in [2.05, 4.69) is 61.2 Å². The molecule has 3 nitrogen and oxygen atoms in total. The molecule has 3 aromatic rings. The van der Waals surface area contributed by atoms with Crippen molar-refractivity contribution >= 4 is 28.6 Å². The van der Waals surface area contributed by atoms with Gasteiger partial charge in [-0.2, -0.15) is 0 Å². The molecule has 1 aliphatic heterocycles. The first-order chi connectivity index (χ1) is 18.5. The number of pyridine rings is 1. The summed E-state index contributed by atoms with van der Waals surface area (Å²) in [4.78, 5) is 9.62. The van der Waals surface area contributed by atoms with Gasteiger partial charge >= 0.3 is 0 Å².